The molecule has 2 aromatic rings. The van der Waals surface area contributed by atoms with E-state index in [9.17, 15) is 0 Å². The molecule has 2 aromatic carbocycles. The number of hydrogen-bond acceptors (Lipinski definition) is 0. The first kappa shape index (κ1) is 18.0. The molecule has 0 saturated heterocycles. The Hall–Kier alpha value is -1.82. The third-order valence-corrected chi connectivity index (χ3v) is 5.47. The summed E-state index contributed by atoms with van der Waals surface area (Å²) in [5.74, 6) is 0. The Labute approximate surface area is 154 Å². The van der Waals surface area contributed by atoms with Crippen molar-refractivity contribution < 1.29 is 0 Å². The molecule has 0 atom stereocenters. The molecule has 0 heteroatoms. The van der Waals surface area contributed by atoms with Gasteiger partial charge in [0, 0.05) is 0 Å². The number of rotatable bonds is 8. The fraction of sp³-hybridized carbons (Fsp3) is 0.440. The third kappa shape index (κ3) is 4.24. The second-order valence-corrected chi connectivity index (χ2v) is 7.38. The Morgan fingerprint density at radius 2 is 1.16 bits per heavy atom. The lowest BCUT2D eigenvalue weighted by Crippen LogP contribution is -2.09. The summed E-state index contributed by atoms with van der Waals surface area (Å²) in [6, 6.07) is 18.1. The summed E-state index contributed by atoms with van der Waals surface area (Å²) in [5, 5.41) is 0. The molecule has 0 aromatic heterocycles. The van der Waals surface area contributed by atoms with E-state index in [-0.39, 0.29) is 0 Å². The van der Waals surface area contributed by atoms with E-state index in [0.717, 1.165) is 6.42 Å². The molecule has 0 heterocycles. The van der Waals surface area contributed by atoms with Gasteiger partial charge in [-0.2, -0.15) is 0 Å². The van der Waals surface area contributed by atoms with Crippen molar-refractivity contribution in [1.29, 1.82) is 0 Å². The van der Waals surface area contributed by atoms with Crippen molar-refractivity contribution in [1.82, 2.24) is 0 Å². The third-order valence-electron chi connectivity index (χ3n) is 5.47. The van der Waals surface area contributed by atoms with E-state index < -0.39 is 0 Å². The van der Waals surface area contributed by atoms with E-state index in [4.69, 9.17) is 0 Å². The topological polar surface area (TPSA) is 0 Å². The van der Waals surface area contributed by atoms with Crippen LogP contribution in [0.5, 0.6) is 0 Å². The number of fused-ring (bicyclic) bond motifs is 2. The van der Waals surface area contributed by atoms with Gasteiger partial charge in [0.2, 0.25) is 0 Å². The summed E-state index contributed by atoms with van der Waals surface area (Å²) in [6.07, 6.45) is 11.5. The normalized spacial score (nSPS) is 12.6. The van der Waals surface area contributed by atoms with Gasteiger partial charge in [0.05, 0.1) is 0 Å². The minimum Gasteiger partial charge on any atom is -0.0654 e. The number of unbranched alkanes of at least 4 members (excludes halogenated alkanes) is 4. The molecule has 0 N–H and O–H groups in total. The molecule has 0 amide bonds. The molecule has 0 saturated carbocycles. The predicted octanol–water partition coefficient (Wildman–Crippen LogP) is 7.55. The smallest absolute Gasteiger partial charge is 0.00135 e. The van der Waals surface area contributed by atoms with Gasteiger partial charge in [0.1, 0.15) is 0 Å². The van der Waals surface area contributed by atoms with Crippen LogP contribution in [0.3, 0.4) is 0 Å². The van der Waals surface area contributed by atoms with Crippen molar-refractivity contribution in [2.75, 3.05) is 0 Å². The second-order valence-electron chi connectivity index (χ2n) is 7.38. The maximum absolute atomic E-state index is 2.35. The van der Waals surface area contributed by atoms with E-state index in [1.54, 1.807) is 11.1 Å². The average Bonchev–Trinajstić information content (AvgIpc) is 2.65. The van der Waals surface area contributed by atoms with Crippen LogP contribution < -0.4 is 0 Å². The van der Waals surface area contributed by atoms with Crippen LogP contribution in [0, 0.1) is 0 Å². The standard InChI is InChI=1S/C25H32/c1-3-5-7-13-20(14-8-6-4-2)25-23-17-11-9-15-21(23)19-22-16-10-12-18-24(22)25/h9-12,15-18H,3-8,13-14,19H2,1-2H3. The first-order chi connectivity index (χ1) is 12.3. The minimum absolute atomic E-state index is 1.08. The summed E-state index contributed by atoms with van der Waals surface area (Å²) >= 11 is 0. The largest absolute Gasteiger partial charge is 0.0654 e. The molecule has 0 spiro atoms. The summed E-state index contributed by atoms with van der Waals surface area (Å²) in [5.41, 5.74) is 9.24. The van der Waals surface area contributed by atoms with Crippen molar-refractivity contribution in [3.05, 3.63) is 76.4 Å². The van der Waals surface area contributed by atoms with E-state index in [2.05, 4.69) is 62.4 Å². The van der Waals surface area contributed by atoms with Crippen molar-refractivity contribution >= 4 is 5.57 Å². The number of allylic oxidation sites excluding steroid dienone is 1. The SMILES string of the molecule is CCCCCC(CCCCC)=C1c2ccccc2Cc2ccccc21. The van der Waals surface area contributed by atoms with Crippen LogP contribution in [0.1, 0.15) is 87.5 Å². The zero-order valence-electron chi connectivity index (χ0n) is 16.0. The molecule has 0 bridgehead atoms. The van der Waals surface area contributed by atoms with Crippen LogP contribution in [-0.2, 0) is 6.42 Å². The van der Waals surface area contributed by atoms with Crippen LogP contribution in [0.25, 0.3) is 5.57 Å². The fourth-order valence-electron chi connectivity index (χ4n) is 4.12. The second kappa shape index (κ2) is 9.04. The lowest BCUT2D eigenvalue weighted by molar-refractivity contribution is 0.660. The van der Waals surface area contributed by atoms with Gasteiger partial charge in [-0.15, -0.1) is 0 Å². The van der Waals surface area contributed by atoms with Crippen molar-refractivity contribution in [2.24, 2.45) is 0 Å². The summed E-state index contributed by atoms with van der Waals surface area (Å²) in [7, 11) is 0. The molecule has 0 radical (unpaired) electrons. The van der Waals surface area contributed by atoms with Crippen LogP contribution in [0.4, 0.5) is 0 Å². The quantitative estimate of drug-likeness (QED) is 0.373. The van der Waals surface area contributed by atoms with E-state index in [1.165, 1.54) is 73.6 Å². The lowest BCUT2D eigenvalue weighted by Gasteiger charge is -2.26. The molecule has 3 rings (SSSR count). The highest BCUT2D eigenvalue weighted by molar-refractivity contribution is 5.87. The highest BCUT2D eigenvalue weighted by atomic mass is 14.3. The van der Waals surface area contributed by atoms with Gasteiger partial charge in [-0.1, -0.05) is 93.6 Å². The van der Waals surface area contributed by atoms with Crippen molar-refractivity contribution in [3.63, 3.8) is 0 Å². The van der Waals surface area contributed by atoms with Crippen LogP contribution >= 0.6 is 0 Å². The molecule has 0 nitrogen and oxygen atoms in total. The maximum atomic E-state index is 2.35. The average molecular weight is 333 g/mol. The van der Waals surface area contributed by atoms with Gasteiger partial charge in [-0.05, 0) is 59.9 Å². The van der Waals surface area contributed by atoms with Crippen molar-refractivity contribution in [3.8, 4) is 0 Å². The summed E-state index contributed by atoms with van der Waals surface area (Å²) < 4.78 is 0. The van der Waals surface area contributed by atoms with E-state index in [1.807, 2.05) is 0 Å². The Morgan fingerprint density at radius 1 is 0.680 bits per heavy atom. The van der Waals surface area contributed by atoms with Gasteiger partial charge in [-0.3, -0.25) is 0 Å². The minimum atomic E-state index is 1.08. The first-order valence-corrected chi connectivity index (χ1v) is 10.2. The van der Waals surface area contributed by atoms with Crippen LogP contribution in [0.15, 0.2) is 54.1 Å². The molecule has 25 heavy (non-hydrogen) atoms. The van der Waals surface area contributed by atoms with Gasteiger partial charge in [0.25, 0.3) is 0 Å². The monoisotopic (exact) mass is 332 g/mol. The molecule has 132 valence electrons. The van der Waals surface area contributed by atoms with Crippen LogP contribution in [0.2, 0.25) is 0 Å². The van der Waals surface area contributed by atoms with Gasteiger partial charge < -0.3 is 0 Å². The molecule has 1 aliphatic rings. The molecular formula is C25H32. The van der Waals surface area contributed by atoms with Crippen molar-refractivity contribution in [2.45, 2.75) is 71.6 Å². The number of benzene rings is 2. The summed E-state index contributed by atoms with van der Waals surface area (Å²) in [4.78, 5) is 0. The maximum Gasteiger partial charge on any atom is -0.00135 e. The van der Waals surface area contributed by atoms with E-state index in [0.29, 0.717) is 0 Å². The highest BCUT2D eigenvalue weighted by Crippen LogP contribution is 2.40. The van der Waals surface area contributed by atoms with Crippen LogP contribution in [-0.4, -0.2) is 0 Å². The molecule has 0 aliphatic heterocycles. The lowest BCUT2D eigenvalue weighted by atomic mass is 9.78. The molecule has 0 unspecified atom stereocenters. The zero-order chi connectivity index (χ0) is 17.5. The Bertz CT molecular complexity index is 661. The Morgan fingerprint density at radius 3 is 1.64 bits per heavy atom. The van der Waals surface area contributed by atoms with Gasteiger partial charge in [-0.25, -0.2) is 0 Å². The zero-order valence-corrected chi connectivity index (χ0v) is 16.0. The van der Waals surface area contributed by atoms with Gasteiger partial charge >= 0.3 is 0 Å². The molecule has 1 aliphatic carbocycles. The molecule has 0 fully saturated rings. The highest BCUT2D eigenvalue weighted by Gasteiger charge is 2.22. The summed E-state index contributed by atoms with van der Waals surface area (Å²) in [6.45, 7) is 4.60. The Kier molecular flexibility index (Phi) is 6.50. The molecular weight excluding hydrogens is 300 g/mol. The van der Waals surface area contributed by atoms with E-state index >= 15 is 0 Å². The fourth-order valence-corrected chi connectivity index (χ4v) is 4.12. The van der Waals surface area contributed by atoms with Gasteiger partial charge in [0.15, 0.2) is 0 Å². The first-order valence-electron chi connectivity index (χ1n) is 10.2. The Balaban J connectivity index is 2.06. The predicted molar refractivity (Wildman–Crippen MR) is 110 cm³/mol. The number of hydrogen-bond donors (Lipinski definition) is 0.